The maximum Gasteiger partial charge on any atom is 0.104 e. The summed E-state index contributed by atoms with van der Waals surface area (Å²) in [6.07, 6.45) is 0. The normalized spacial score (nSPS) is 18.7. The van der Waals surface area contributed by atoms with E-state index in [1.807, 2.05) is 23.9 Å². The predicted octanol–water partition coefficient (Wildman–Crippen LogP) is 3.42. The smallest absolute Gasteiger partial charge is 0.104 e. The molecule has 1 aromatic carbocycles. The molecule has 0 unspecified atom stereocenters. The molecule has 1 aliphatic rings. The minimum atomic E-state index is 0.305. The second kappa shape index (κ2) is 5.39. The Hall–Kier alpha value is -0.260. The number of nitrogens with zero attached hydrogens (tertiary/aromatic N) is 1. The van der Waals surface area contributed by atoms with Crippen molar-refractivity contribution in [3.05, 3.63) is 28.2 Å². The van der Waals surface area contributed by atoms with Crippen LogP contribution in [-0.2, 0) is 0 Å². The Balaban J connectivity index is 2.26. The Kier molecular flexibility index (Phi) is 4.24. The van der Waals surface area contributed by atoms with Gasteiger partial charge in [0.05, 0.1) is 5.69 Å². The molecule has 0 bridgehead atoms. The van der Waals surface area contributed by atoms with Gasteiger partial charge in [-0.25, -0.2) is 0 Å². The fourth-order valence-corrected chi connectivity index (χ4v) is 4.01. The second-order valence-electron chi connectivity index (χ2n) is 5.06. The summed E-state index contributed by atoms with van der Waals surface area (Å²) in [6, 6.07) is 6.11. The molecule has 5 heteroatoms. The van der Waals surface area contributed by atoms with E-state index in [1.165, 1.54) is 5.69 Å². The fraction of sp³-hybridized carbons (Fsp3) is 0.462. The Labute approximate surface area is 126 Å². The van der Waals surface area contributed by atoms with E-state index in [2.05, 4.69) is 40.7 Å². The van der Waals surface area contributed by atoms with Gasteiger partial charge in [0.25, 0.3) is 0 Å². The maximum atomic E-state index is 5.65. The van der Waals surface area contributed by atoms with Gasteiger partial charge in [-0.05, 0) is 48.0 Å². The van der Waals surface area contributed by atoms with Gasteiger partial charge in [-0.3, -0.25) is 0 Å². The zero-order valence-corrected chi connectivity index (χ0v) is 13.8. The molecule has 0 saturated carbocycles. The molecule has 1 aliphatic heterocycles. The lowest BCUT2D eigenvalue weighted by Crippen LogP contribution is -2.43. The highest BCUT2D eigenvalue weighted by atomic mass is 79.9. The molecule has 2 rings (SSSR count). The van der Waals surface area contributed by atoms with Crippen molar-refractivity contribution < 1.29 is 0 Å². The van der Waals surface area contributed by atoms with Crippen LogP contribution in [0.4, 0.5) is 5.69 Å². The van der Waals surface area contributed by atoms with Crippen molar-refractivity contribution in [3.8, 4) is 0 Å². The Morgan fingerprint density at radius 3 is 2.78 bits per heavy atom. The maximum absolute atomic E-state index is 5.65. The monoisotopic (exact) mass is 344 g/mol. The minimum Gasteiger partial charge on any atom is -0.389 e. The van der Waals surface area contributed by atoms with Gasteiger partial charge in [0.15, 0.2) is 0 Å². The largest absolute Gasteiger partial charge is 0.389 e. The van der Waals surface area contributed by atoms with Crippen LogP contribution in [0.1, 0.15) is 19.4 Å². The molecule has 0 radical (unpaired) electrons. The number of thioether (sulfide) groups is 1. The quantitative estimate of drug-likeness (QED) is 0.832. The van der Waals surface area contributed by atoms with Crippen LogP contribution >= 0.6 is 39.9 Å². The number of benzene rings is 1. The number of rotatable bonds is 2. The van der Waals surface area contributed by atoms with E-state index in [-0.39, 0.29) is 0 Å². The van der Waals surface area contributed by atoms with Crippen molar-refractivity contribution in [1.82, 2.24) is 0 Å². The SMILES string of the molecule is CC1(C)CN(c2ccc(C(N)=S)cc2Br)CCS1. The Morgan fingerprint density at radius 1 is 1.50 bits per heavy atom. The molecular weight excluding hydrogens is 328 g/mol. The summed E-state index contributed by atoms with van der Waals surface area (Å²) in [5.74, 6) is 1.16. The summed E-state index contributed by atoms with van der Waals surface area (Å²) < 4.78 is 1.37. The number of nitrogens with two attached hydrogens (primary N) is 1. The molecule has 0 atom stereocenters. The molecule has 1 heterocycles. The minimum absolute atomic E-state index is 0.305. The highest BCUT2D eigenvalue weighted by Gasteiger charge is 2.27. The number of halogens is 1. The average molecular weight is 345 g/mol. The number of thiocarbonyl (C=S) groups is 1. The van der Waals surface area contributed by atoms with Gasteiger partial charge in [-0.15, -0.1) is 0 Å². The topological polar surface area (TPSA) is 29.3 Å². The molecule has 1 aromatic rings. The van der Waals surface area contributed by atoms with E-state index < -0.39 is 0 Å². The molecule has 2 N–H and O–H groups in total. The molecule has 1 saturated heterocycles. The third-order valence-corrected chi connectivity index (χ3v) is 5.17. The average Bonchev–Trinajstić information content (AvgIpc) is 2.27. The summed E-state index contributed by atoms with van der Waals surface area (Å²) in [6.45, 7) is 6.73. The van der Waals surface area contributed by atoms with Gasteiger partial charge in [-0.2, -0.15) is 11.8 Å². The van der Waals surface area contributed by atoms with Gasteiger partial charge < -0.3 is 10.6 Å². The zero-order chi connectivity index (χ0) is 13.3. The number of anilines is 1. The summed E-state index contributed by atoms with van der Waals surface area (Å²) in [7, 11) is 0. The molecular formula is C13H17BrN2S2. The zero-order valence-electron chi connectivity index (χ0n) is 10.6. The molecule has 0 amide bonds. The fourth-order valence-electron chi connectivity index (χ4n) is 2.14. The van der Waals surface area contributed by atoms with Crippen LogP contribution in [0.3, 0.4) is 0 Å². The van der Waals surface area contributed by atoms with E-state index in [0.717, 1.165) is 28.9 Å². The summed E-state index contributed by atoms with van der Waals surface area (Å²) in [5, 5.41) is 0. The van der Waals surface area contributed by atoms with Crippen molar-refractivity contribution in [2.75, 3.05) is 23.7 Å². The standard InChI is InChI=1S/C13H17BrN2S2/c1-13(2)8-16(5-6-18-13)11-4-3-9(12(15)17)7-10(11)14/h3-4,7H,5-6,8H2,1-2H3,(H2,15,17). The van der Waals surface area contributed by atoms with Crippen molar-refractivity contribution in [1.29, 1.82) is 0 Å². The lowest BCUT2D eigenvalue weighted by molar-refractivity contribution is 0.647. The molecule has 98 valence electrons. The van der Waals surface area contributed by atoms with Crippen LogP contribution in [0.25, 0.3) is 0 Å². The Morgan fingerprint density at radius 2 is 2.22 bits per heavy atom. The first kappa shape index (κ1) is 14.2. The number of hydrogen-bond acceptors (Lipinski definition) is 3. The highest BCUT2D eigenvalue weighted by molar-refractivity contribution is 9.10. The summed E-state index contributed by atoms with van der Waals surface area (Å²) in [5.41, 5.74) is 7.78. The molecule has 0 aromatic heterocycles. The molecule has 18 heavy (non-hydrogen) atoms. The van der Waals surface area contributed by atoms with Gasteiger partial charge in [-0.1, -0.05) is 12.2 Å². The van der Waals surface area contributed by atoms with Crippen LogP contribution in [0, 0.1) is 0 Å². The van der Waals surface area contributed by atoms with E-state index >= 15 is 0 Å². The van der Waals surface area contributed by atoms with Crippen molar-refractivity contribution in [2.24, 2.45) is 5.73 Å². The first-order chi connectivity index (χ1) is 8.39. The van der Waals surface area contributed by atoms with Gasteiger partial charge in [0.1, 0.15) is 4.99 Å². The van der Waals surface area contributed by atoms with E-state index in [9.17, 15) is 0 Å². The van der Waals surface area contributed by atoms with E-state index in [0.29, 0.717) is 9.74 Å². The van der Waals surface area contributed by atoms with Gasteiger partial charge in [0, 0.05) is 33.6 Å². The summed E-state index contributed by atoms with van der Waals surface area (Å²) in [4.78, 5) is 2.86. The van der Waals surface area contributed by atoms with Crippen molar-refractivity contribution >= 4 is 50.6 Å². The number of hydrogen-bond donors (Lipinski definition) is 1. The van der Waals surface area contributed by atoms with Crippen LogP contribution in [-0.4, -0.2) is 28.6 Å². The molecule has 2 nitrogen and oxygen atoms in total. The second-order valence-corrected chi connectivity index (χ2v) is 8.16. The predicted molar refractivity (Wildman–Crippen MR) is 88.8 cm³/mol. The lowest BCUT2D eigenvalue weighted by Gasteiger charge is -2.39. The first-order valence-corrected chi connectivity index (χ1v) is 8.06. The molecule has 0 spiro atoms. The third kappa shape index (κ3) is 3.19. The van der Waals surface area contributed by atoms with E-state index in [4.69, 9.17) is 18.0 Å². The van der Waals surface area contributed by atoms with Gasteiger partial charge >= 0.3 is 0 Å². The highest BCUT2D eigenvalue weighted by Crippen LogP contribution is 2.35. The molecule has 0 aliphatic carbocycles. The van der Waals surface area contributed by atoms with Crippen molar-refractivity contribution in [2.45, 2.75) is 18.6 Å². The lowest BCUT2D eigenvalue weighted by atomic mass is 10.1. The van der Waals surface area contributed by atoms with Crippen LogP contribution < -0.4 is 10.6 Å². The van der Waals surface area contributed by atoms with Crippen molar-refractivity contribution in [3.63, 3.8) is 0 Å². The first-order valence-electron chi connectivity index (χ1n) is 5.87. The molecule has 1 fully saturated rings. The summed E-state index contributed by atoms with van der Waals surface area (Å²) >= 11 is 10.7. The van der Waals surface area contributed by atoms with Crippen LogP contribution in [0.15, 0.2) is 22.7 Å². The van der Waals surface area contributed by atoms with Crippen LogP contribution in [0.2, 0.25) is 0 Å². The van der Waals surface area contributed by atoms with E-state index in [1.54, 1.807) is 0 Å². The third-order valence-electron chi connectivity index (χ3n) is 3.00. The van der Waals surface area contributed by atoms with Gasteiger partial charge in [0.2, 0.25) is 0 Å². The van der Waals surface area contributed by atoms with Crippen LogP contribution in [0.5, 0.6) is 0 Å². The Bertz CT molecular complexity index is 474.